The van der Waals surface area contributed by atoms with Gasteiger partial charge >= 0.3 is 12.0 Å². The molecule has 4 N–H and O–H groups in total. The van der Waals surface area contributed by atoms with E-state index in [1.54, 1.807) is 61.7 Å². The first-order valence-corrected chi connectivity index (χ1v) is 20.1. The van der Waals surface area contributed by atoms with E-state index in [-0.39, 0.29) is 42.8 Å². The number of amides is 7. The topological polar surface area (TPSA) is 216 Å². The van der Waals surface area contributed by atoms with E-state index < -0.39 is 29.2 Å². The number of ketones is 1. The highest BCUT2D eigenvalue weighted by molar-refractivity contribution is 6.22. The van der Waals surface area contributed by atoms with Gasteiger partial charge in [0.15, 0.2) is 5.41 Å². The number of rotatable bonds is 24. The number of urea groups is 1. The average molecular weight is 820 g/mol. The number of carbonyl (C=O) groups excluding carboxylic acids is 8. The Morgan fingerprint density at radius 2 is 1.42 bits per heavy atom. The number of carbonyl (C=O) groups is 8. The lowest BCUT2D eigenvalue weighted by Gasteiger charge is -2.34. The molecule has 0 atom stereocenters. The molecule has 0 bridgehead atoms. The lowest BCUT2D eigenvalue weighted by atomic mass is 9.73. The van der Waals surface area contributed by atoms with Crippen LogP contribution in [0.5, 0.6) is 0 Å². The molecule has 2 fully saturated rings. The van der Waals surface area contributed by atoms with Gasteiger partial charge in [-0.3, -0.25) is 39.4 Å². The zero-order valence-electron chi connectivity index (χ0n) is 34.1. The van der Waals surface area contributed by atoms with E-state index in [1.165, 1.54) is 0 Å². The highest BCUT2D eigenvalue weighted by Gasteiger charge is 2.51. The minimum atomic E-state index is -1.49. The molecule has 4 rings (SSSR count). The number of methoxy groups -OCH3 is 1. The Kier molecular flexibility index (Phi) is 20.7. The van der Waals surface area contributed by atoms with Crippen molar-refractivity contribution in [2.75, 3.05) is 40.0 Å². The third kappa shape index (κ3) is 15.9. The quantitative estimate of drug-likeness (QED) is 0.0874. The van der Waals surface area contributed by atoms with Crippen LogP contribution in [0.4, 0.5) is 4.79 Å². The molecule has 16 heteroatoms. The second-order valence-corrected chi connectivity index (χ2v) is 14.1. The lowest BCUT2D eigenvalue weighted by Crippen LogP contribution is -2.64. The predicted octanol–water partition coefficient (Wildman–Crippen LogP) is 4.11. The summed E-state index contributed by atoms with van der Waals surface area (Å²) in [7, 11) is 1.55. The number of barbiturate groups is 1. The molecule has 0 aromatic heterocycles. The van der Waals surface area contributed by atoms with Gasteiger partial charge < -0.3 is 24.9 Å². The van der Waals surface area contributed by atoms with E-state index in [0.29, 0.717) is 94.5 Å². The Labute approximate surface area is 345 Å². The average Bonchev–Trinajstić information content (AvgIpc) is 3.53. The number of imide groups is 2. The summed E-state index contributed by atoms with van der Waals surface area (Å²) in [6.07, 6.45) is 6.34. The molecule has 2 heterocycles. The molecular formula is C43H57N5O11. The Morgan fingerprint density at radius 1 is 0.763 bits per heavy atom. The number of Topliss-reactive ketones (excluding diaryl/α,β-unsaturated/α-hetero) is 1. The highest BCUT2D eigenvalue weighted by Crippen LogP contribution is 2.32. The number of aryl methyl sites for hydroxylation is 1. The van der Waals surface area contributed by atoms with E-state index in [1.807, 2.05) is 0 Å². The monoisotopic (exact) mass is 819 g/mol. The summed E-state index contributed by atoms with van der Waals surface area (Å²) in [6.45, 7) is 8.40. The third-order valence-electron chi connectivity index (χ3n) is 9.52. The van der Waals surface area contributed by atoms with E-state index in [9.17, 15) is 38.4 Å². The molecule has 2 saturated heterocycles. The Hall–Kier alpha value is -5.74. The van der Waals surface area contributed by atoms with Crippen molar-refractivity contribution in [3.8, 4) is 0 Å². The first kappa shape index (κ1) is 47.6. The Morgan fingerprint density at radius 3 is 2.03 bits per heavy atom. The van der Waals surface area contributed by atoms with Crippen LogP contribution >= 0.6 is 0 Å². The summed E-state index contributed by atoms with van der Waals surface area (Å²) in [4.78, 5) is 101. The first-order valence-electron chi connectivity index (χ1n) is 20.1. The van der Waals surface area contributed by atoms with Crippen LogP contribution in [0.1, 0.15) is 105 Å². The van der Waals surface area contributed by atoms with Gasteiger partial charge in [0, 0.05) is 65.5 Å². The molecule has 2 aromatic carbocycles. The van der Waals surface area contributed by atoms with Crippen LogP contribution in [0, 0.1) is 0 Å². The fourth-order valence-electron chi connectivity index (χ4n) is 6.25. The van der Waals surface area contributed by atoms with E-state index in [2.05, 4.69) is 34.8 Å². The molecule has 2 aliphatic rings. The smallest absolute Gasteiger partial charge is 0.363 e. The molecule has 59 heavy (non-hydrogen) atoms. The molecule has 0 saturated carbocycles. The van der Waals surface area contributed by atoms with Gasteiger partial charge in [0.05, 0.1) is 17.9 Å². The molecular weight excluding hydrogens is 762 g/mol. The normalized spacial score (nSPS) is 14.5. The van der Waals surface area contributed by atoms with Crippen molar-refractivity contribution in [1.29, 1.82) is 0 Å². The maximum Gasteiger partial charge on any atom is 0.363 e. The number of hydroxylamine groups is 2. The molecule has 0 unspecified atom stereocenters. The van der Waals surface area contributed by atoms with Crippen molar-refractivity contribution < 1.29 is 52.7 Å². The number of benzene rings is 2. The summed E-state index contributed by atoms with van der Waals surface area (Å²) in [5.74, 6) is -2.22. The van der Waals surface area contributed by atoms with Crippen LogP contribution in [0.2, 0.25) is 0 Å². The number of hydrogen-bond donors (Lipinski definition) is 4. The second-order valence-electron chi connectivity index (χ2n) is 14.1. The zero-order chi connectivity index (χ0) is 43.0. The minimum absolute atomic E-state index is 0.122. The van der Waals surface area contributed by atoms with E-state index in [4.69, 9.17) is 14.3 Å². The van der Waals surface area contributed by atoms with Crippen molar-refractivity contribution >= 4 is 47.3 Å². The summed E-state index contributed by atoms with van der Waals surface area (Å²) in [6, 6.07) is 14.7. The van der Waals surface area contributed by atoms with Gasteiger partial charge in [0.2, 0.25) is 23.6 Å². The number of nitrogens with one attached hydrogen (secondary N) is 4. The molecule has 0 spiro atoms. The van der Waals surface area contributed by atoms with Crippen molar-refractivity contribution in [2.45, 2.75) is 95.8 Å². The summed E-state index contributed by atoms with van der Waals surface area (Å²) in [5, 5.41) is 10.8. The maximum absolute atomic E-state index is 12.7. The van der Waals surface area contributed by atoms with Crippen LogP contribution in [-0.4, -0.2) is 92.4 Å². The fraction of sp³-hybridized carbons (Fsp3) is 0.488. The molecule has 16 nitrogen and oxygen atoms in total. The fourth-order valence-corrected chi connectivity index (χ4v) is 6.25. The number of ether oxygens (including phenoxy) is 2. The number of unbranched alkanes of at least 4 members (excludes halogenated alkanes) is 1. The number of hydrogen-bond acceptors (Lipinski definition) is 11. The van der Waals surface area contributed by atoms with Gasteiger partial charge in [0.1, 0.15) is 5.78 Å². The Bertz CT molecular complexity index is 1730. The third-order valence-corrected chi connectivity index (χ3v) is 9.52. The van der Waals surface area contributed by atoms with Crippen LogP contribution in [0.3, 0.4) is 0 Å². The van der Waals surface area contributed by atoms with Gasteiger partial charge in [0.25, 0.3) is 5.91 Å². The maximum atomic E-state index is 12.7. The van der Waals surface area contributed by atoms with Crippen molar-refractivity contribution in [3.05, 3.63) is 83.6 Å². The lowest BCUT2D eigenvalue weighted by molar-refractivity contribution is -0.153. The molecule has 7 amide bonds. The molecule has 0 aliphatic carbocycles. The van der Waals surface area contributed by atoms with Gasteiger partial charge in [-0.15, -0.1) is 5.06 Å². The van der Waals surface area contributed by atoms with Crippen LogP contribution in [0.25, 0.3) is 0 Å². The highest BCUT2D eigenvalue weighted by atomic mass is 16.7. The van der Waals surface area contributed by atoms with Gasteiger partial charge in [-0.05, 0) is 74.6 Å². The van der Waals surface area contributed by atoms with Gasteiger partial charge in [-0.2, -0.15) is 0 Å². The van der Waals surface area contributed by atoms with Crippen LogP contribution in [0.15, 0.2) is 66.9 Å². The van der Waals surface area contributed by atoms with Crippen molar-refractivity contribution in [2.24, 2.45) is 0 Å². The van der Waals surface area contributed by atoms with Crippen LogP contribution < -0.4 is 21.3 Å². The van der Waals surface area contributed by atoms with Crippen molar-refractivity contribution in [3.63, 3.8) is 0 Å². The number of nitrogens with zero attached hydrogens (tertiary/aromatic N) is 1. The Balaban J connectivity index is 0.000000320. The summed E-state index contributed by atoms with van der Waals surface area (Å²) < 4.78 is 10.2. The standard InChI is InChI=1S/C22H30N4O6.C21H27NO5/c1-32-15-14-24-18(28)11-7-10-17(27)23-13-6-5-12-22(16-8-3-2-4-9-16)19(29)25-21(31)26-20(22)30;1-3-14-26-15-4-5-19(23)12-9-17-7-10-18(11-8-17)21(25)27-22-16(2)6-13-20(22)24/h2-4,8-9H,5-7,10-15H2,1H3,(H,23,27)(H,24,28)(H2,25,26,29,30,31);7-8,10-11H,2-6,9,12-15H2,1H3. The van der Waals surface area contributed by atoms with Gasteiger partial charge in [-0.25, -0.2) is 9.59 Å². The molecule has 2 aliphatic heterocycles. The number of allylic oxidation sites excluding steroid dienone is 1. The SMILES string of the molecule is C=C1CCC(=O)N1OC(=O)c1ccc(CCC(=O)CCCOCCC)cc1.COCCNC(=O)CCCC(=O)NCCCCC1(c2ccccc2)C(=O)NC(=O)NC1=O. The molecule has 2 aromatic rings. The van der Waals surface area contributed by atoms with E-state index >= 15 is 0 Å². The largest absolute Gasteiger partial charge is 0.383 e. The minimum Gasteiger partial charge on any atom is -0.383 e. The van der Waals surface area contributed by atoms with Crippen LogP contribution in [-0.2, 0) is 54.9 Å². The predicted molar refractivity (Wildman–Crippen MR) is 216 cm³/mol. The van der Waals surface area contributed by atoms with Crippen molar-refractivity contribution in [1.82, 2.24) is 26.3 Å². The zero-order valence-corrected chi connectivity index (χ0v) is 34.1. The summed E-state index contributed by atoms with van der Waals surface area (Å²) in [5.41, 5.74) is 0.836. The summed E-state index contributed by atoms with van der Waals surface area (Å²) >= 11 is 0. The first-order chi connectivity index (χ1) is 28.4. The van der Waals surface area contributed by atoms with E-state index in [0.717, 1.165) is 30.1 Å². The van der Waals surface area contributed by atoms with Gasteiger partial charge in [-0.1, -0.05) is 56.0 Å². The molecule has 320 valence electrons. The second kappa shape index (κ2) is 25.6. The molecule has 0 radical (unpaired) electrons.